The molecule has 0 atom stereocenters. The van der Waals surface area contributed by atoms with Crippen LogP contribution >= 0.6 is 0 Å². The minimum Gasteiger partial charge on any atom is -0.507 e. The van der Waals surface area contributed by atoms with Gasteiger partial charge >= 0.3 is 0 Å². The Bertz CT molecular complexity index is 915. The fourth-order valence-electron chi connectivity index (χ4n) is 4.58. The summed E-state index contributed by atoms with van der Waals surface area (Å²) in [5.41, 5.74) is 1.11. The molecule has 0 heterocycles. The van der Waals surface area contributed by atoms with Crippen molar-refractivity contribution < 1.29 is 19.4 Å². The predicted octanol–water partition coefficient (Wildman–Crippen LogP) is 10.5. The number of hydrogen-bond acceptors (Lipinski definition) is 4. The largest absolute Gasteiger partial charge is 0.507 e. The monoisotopic (exact) mass is 536 g/mol. The van der Waals surface area contributed by atoms with E-state index in [9.17, 15) is 9.90 Å². The van der Waals surface area contributed by atoms with E-state index in [4.69, 9.17) is 9.47 Å². The van der Waals surface area contributed by atoms with E-state index in [1.807, 2.05) is 24.3 Å². The molecule has 1 N–H and O–H groups in total. The first kappa shape index (κ1) is 32.5. The van der Waals surface area contributed by atoms with Gasteiger partial charge in [0.15, 0.2) is 5.78 Å². The maximum Gasteiger partial charge on any atom is 0.189 e. The summed E-state index contributed by atoms with van der Waals surface area (Å²) in [6, 6.07) is 14.4. The number of hydrogen-bond donors (Lipinski definition) is 1. The molecular weight excluding hydrogens is 484 g/mol. The zero-order valence-electron chi connectivity index (χ0n) is 24.6. The molecule has 0 spiro atoms. The number of carbonyl (C=O) groups is 1. The molecule has 0 aliphatic rings. The van der Waals surface area contributed by atoms with Crippen LogP contribution in [0.4, 0.5) is 0 Å². The highest BCUT2D eigenvalue weighted by molar-refractivity contribution is 6.07. The highest BCUT2D eigenvalue weighted by Crippen LogP contribution is 2.20. The van der Waals surface area contributed by atoms with Crippen LogP contribution in [0.3, 0.4) is 0 Å². The number of aliphatic hydroxyl groups is 1. The van der Waals surface area contributed by atoms with Gasteiger partial charge in [0.25, 0.3) is 0 Å². The number of benzene rings is 2. The lowest BCUT2D eigenvalue weighted by molar-refractivity contribution is 0.104. The average molecular weight is 537 g/mol. The first-order valence-electron chi connectivity index (χ1n) is 15.5. The van der Waals surface area contributed by atoms with Gasteiger partial charge in [0, 0.05) is 17.2 Å². The number of ketones is 1. The molecule has 0 aromatic heterocycles. The molecule has 2 aromatic carbocycles. The Morgan fingerprint density at radius 3 is 1.33 bits per heavy atom. The molecule has 2 rings (SSSR count). The van der Waals surface area contributed by atoms with Crippen LogP contribution in [-0.4, -0.2) is 24.1 Å². The summed E-state index contributed by atoms with van der Waals surface area (Å²) in [5.74, 6) is 1.26. The Kier molecular flexibility index (Phi) is 17.6. The van der Waals surface area contributed by atoms with Crippen LogP contribution in [0.5, 0.6) is 11.5 Å². The van der Waals surface area contributed by atoms with Gasteiger partial charge in [-0.15, -0.1) is 0 Å². The van der Waals surface area contributed by atoms with Crippen LogP contribution in [-0.2, 0) is 0 Å². The SMILES string of the molecule is CCCCCCCCCCOc1ccc(C(=O)/C=C(\O)c2ccc(OCCCCCCCCCC)cc2)cc1. The van der Waals surface area contributed by atoms with Crippen molar-refractivity contribution in [2.45, 2.75) is 117 Å². The van der Waals surface area contributed by atoms with Gasteiger partial charge in [-0.1, -0.05) is 104 Å². The molecule has 2 aromatic rings. The van der Waals surface area contributed by atoms with Crippen molar-refractivity contribution in [3.63, 3.8) is 0 Å². The second-order valence-corrected chi connectivity index (χ2v) is 10.6. The maximum atomic E-state index is 12.6. The average Bonchev–Trinajstić information content (AvgIpc) is 2.96. The van der Waals surface area contributed by atoms with E-state index in [2.05, 4.69) is 13.8 Å². The summed E-state index contributed by atoms with van der Waals surface area (Å²) < 4.78 is 11.7. The molecule has 0 aliphatic carbocycles. The minimum absolute atomic E-state index is 0.0513. The first-order chi connectivity index (χ1) is 19.1. The van der Waals surface area contributed by atoms with Gasteiger partial charge in [0.2, 0.25) is 0 Å². The highest BCUT2D eigenvalue weighted by atomic mass is 16.5. The van der Waals surface area contributed by atoms with Crippen molar-refractivity contribution in [3.8, 4) is 11.5 Å². The van der Waals surface area contributed by atoms with E-state index in [0.29, 0.717) is 24.3 Å². The van der Waals surface area contributed by atoms with Crippen molar-refractivity contribution in [1.29, 1.82) is 0 Å². The van der Waals surface area contributed by atoms with Gasteiger partial charge in [0.1, 0.15) is 17.3 Å². The quantitative estimate of drug-likeness (QED) is 0.0664. The highest BCUT2D eigenvalue weighted by Gasteiger charge is 2.07. The summed E-state index contributed by atoms with van der Waals surface area (Å²) in [4.78, 5) is 12.6. The number of rotatable bonds is 23. The van der Waals surface area contributed by atoms with Crippen LogP contribution in [0.25, 0.3) is 5.76 Å². The first-order valence-corrected chi connectivity index (χ1v) is 15.5. The molecule has 4 nitrogen and oxygen atoms in total. The van der Waals surface area contributed by atoms with Crippen molar-refractivity contribution in [3.05, 3.63) is 65.7 Å². The number of allylic oxidation sites excluding steroid dienone is 1. The van der Waals surface area contributed by atoms with E-state index < -0.39 is 0 Å². The Morgan fingerprint density at radius 2 is 0.923 bits per heavy atom. The summed E-state index contributed by atoms with van der Waals surface area (Å²) in [6.45, 7) is 5.89. The third kappa shape index (κ3) is 14.8. The molecule has 0 radical (unpaired) electrons. The van der Waals surface area contributed by atoms with Gasteiger partial charge < -0.3 is 14.6 Å². The molecule has 4 heteroatoms. The second-order valence-electron chi connectivity index (χ2n) is 10.6. The molecule has 216 valence electrons. The van der Waals surface area contributed by atoms with Crippen molar-refractivity contribution in [2.75, 3.05) is 13.2 Å². The maximum absolute atomic E-state index is 12.6. The van der Waals surface area contributed by atoms with Crippen molar-refractivity contribution in [1.82, 2.24) is 0 Å². The summed E-state index contributed by atoms with van der Waals surface area (Å²) in [7, 11) is 0. The summed E-state index contributed by atoms with van der Waals surface area (Å²) >= 11 is 0. The lowest BCUT2D eigenvalue weighted by Crippen LogP contribution is -2.00. The van der Waals surface area contributed by atoms with E-state index in [1.165, 1.54) is 96.0 Å². The molecule has 0 unspecified atom stereocenters. The summed E-state index contributed by atoms with van der Waals surface area (Å²) in [6.07, 6.45) is 21.6. The van der Waals surface area contributed by atoms with Crippen LogP contribution < -0.4 is 9.47 Å². The number of ether oxygens (including phenoxy) is 2. The second kappa shape index (κ2) is 21.1. The fourth-order valence-corrected chi connectivity index (χ4v) is 4.58. The predicted molar refractivity (Wildman–Crippen MR) is 164 cm³/mol. The molecule has 0 fully saturated rings. The zero-order chi connectivity index (χ0) is 28.0. The van der Waals surface area contributed by atoms with Gasteiger partial charge in [0.05, 0.1) is 13.2 Å². The van der Waals surface area contributed by atoms with E-state index in [-0.39, 0.29) is 11.5 Å². The fraction of sp³-hybridized carbons (Fsp3) is 0.571. The zero-order valence-corrected chi connectivity index (χ0v) is 24.6. The molecule has 0 aliphatic heterocycles. The van der Waals surface area contributed by atoms with Crippen LogP contribution in [0.2, 0.25) is 0 Å². The molecular formula is C35H52O4. The number of carbonyl (C=O) groups excluding carboxylic acids is 1. The van der Waals surface area contributed by atoms with E-state index in [1.54, 1.807) is 24.3 Å². The van der Waals surface area contributed by atoms with E-state index >= 15 is 0 Å². The number of aliphatic hydroxyl groups excluding tert-OH is 1. The lowest BCUT2D eigenvalue weighted by Gasteiger charge is -2.08. The Labute approximate surface area is 237 Å². The van der Waals surface area contributed by atoms with Crippen molar-refractivity contribution >= 4 is 11.5 Å². The lowest BCUT2D eigenvalue weighted by atomic mass is 10.1. The van der Waals surface area contributed by atoms with Crippen molar-refractivity contribution in [2.24, 2.45) is 0 Å². The molecule has 0 saturated heterocycles. The van der Waals surface area contributed by atoms with Gasteiger partial charge in [-0.2, -0.15) is 0 Å². The van der Waals surface area contributed by atoms with Crippen LogP contribution in [0.1, 0.15) is 133 Å². The Balaban J connectivity index is 1.66. The molecule has 0 saturated carbocycles. The molecule has 0 bridgehead atoms. The third-order valence-corrected chi connectivity index (χ3v) is 7.09. The minimum atomic E-state index is -0.239. The van der Waals surface area contributed by atoms with Gasteiger partial charge in [-0.05, 0) is 61.4 Å². The summed E-state index contributed by atoms with van der Waals surface area (Å²) in [5, 5.41) is 10.5. The Hall–Kier alpha value is -2.75. The Morgan fingerprint density at radius 1 is 0.564 bits per heavy atom. The van der Waals surface area contributed by atoms with Gasteiger partial charge in [-0.3, -0.25) is 4.79 Å². The van der Waals surface area contributed by atoms with Crippen LogP contribution in [0, 0.1) is 0 Å². The normalized spacial score (nSPS) is 11.5. The topological polar surface area (TPSA) is 55.8 Å². The smallest absolute Gasteiger partial charge is 0.189 e. The molecule has 39 heavy (non-hydrogen) atoms. The standard InChI is InChI=1S/C35H52O4/c1-3-5-7-9-11-13-15-17-27-38-32-23-19-30(20-24-32)34(36)29-35(37)31-21-25-33(26-22-31)39-28-18-16-14-12-10-8-6-4-2/h19-26,29,36H,3-18,27-28H2,1-2H3/b34-29-. The number of unbranched alkanes of at least 4 members (excludes halogenated alkanes) is 14. The van der Waals surface area contributed by atoms with Gasteiger partial charge in [-0.25, -0.2) is 0 Å². The van der Waals surface area contributed by atoms with Crippen LogP contribution in [0.15, 0.2) is 54.6 Å². The third-order valence-electron chi connectivity index (χ3n) is 7.09. The molecule has 0 amide bonds. The van der Waals surface area contributed by atoms with E-state index in [0.717, 1.165) is 24.3 Å².